The van der Waals surface area contributed by atoms with Crippen LogP contribution in [0.2, 0.25) is 0 Å². The highest BCUT2D eigenvalue weighted by Gasteiger charge is 2.16. The standard InChI is InChI=1S/C7H14N2O5/c1-4(10)6(14-7(12)13)9-3-2-5(8)11/h2-4,6-7,9-10,12-13H,1H3,(H2,8,11)/b3-2-/t4?,6-/m1/s1. The molecular formula is C7H14N2O5. The monoisotopic (exact) mass is 206 g/mol. The Morgan fingerprint density at radius 2 is 2.07 bits per heavy atom. The molecule has 0 aromatic rings. The molecule has 0 aromatic carbocycles. The van der Waals surface area contributed by atoms with Gasteiger partial charge in [-0.25, -0.2) is 0 Å². The Hall–Kier alpha value is -1.15. The number of rotatable bonds is 6. The molecule has 7 heteroatoms. The molecule has 2 atom stereocenters. The topological polar surface area (TPSA) is 125 Å². The zero-order valence-electron chi connectivity index (χ0n) is 7.62. The fraction of sp³-hybridized carbons (Fsp3) is 0.571. The van der Waals surface area contributed by atoms with Crippen molar-refractivity contribution in [2.75, 3.05) is 0 Å². The van der Waals surface area contributed by atoms with E-state index < -0.39 is 24.7 Å². The largest absolute Gasteiger partial charge is 0.389 e. The number of primary amides is 1. The molecule has 0 aromatic heterocycles. The van der Waals surface area contributed by atoms with E-state index in [1.165, 1.54) is 6.92 Å². The maximum Gasteiger partial charge on any atom is 0.268 e. The van der Waals surface area contributed by atoms with Gasteiger partial charge in [0.1, 0.15) is 0 Å². The van der Waals surface area contributed by atoms with Crippen LogP contribution in [0.15, 0.2) is 12.3 Å². The van der Waals surface area contributed by atoms with Gasteiger partial charge in [0.25, 0.3) is 6.48 Å². The van der Waals surface area contributed by atoms with Gasteiger partial charge in [0.15, 0.2) is 6.23 Å². The lowest BCUT2D eigenvalue weighted by atomic mass is 10.3. The SMILES string of the molecule is CC(O)[C@H](N/C=C\C(N)=O)OC(O)O. The molecule has 0 rings (SSSR count). The van der Waals surface area contributed by atoms with Crippen LogP contribution in [0.25, 0.3) is 0 Å². The molecule has 0 heterocycles. The summed E-state index contributed by atoms with van der Waals surface area (Å²) in [6, 6.07) is 0. The third-order valence-corrected chi connectivity index (χ3v) is 1.21. The van der Waals surface area contributed by atoms with Crippen LogP contribution in [0.1, 0.15) is 6.92 Å². The van der Waals surface area contributed by atoms with E-state index in [0.29, 0.717) is 0 Å². The molecule has 82 valence electrons. The third kappa shape index (κ3) is 6.38. The highest BCUT2D eigenvalue weighted by atomic mass is 16.7. The van der Waals surface area contributed by atoms with Crippen LogP contribution in [0.5, 0.6) is 0 Å². The zero-order chi connectivity index (χ0) is 11.1. The number of amides is 1. The number of ether oxygens (including phenoxy) is 1. The number of aliphatic hydroxyl groups is 3. The third-order valence-electron chi connectivity index (χ3n) is 1.21. The van der Waals surface area contributed by atoms with E-state index in [1.54, 1.807) is 0 Å². The van der Waals surface area contributed by atoms with Gasteiger partial charge in [-0.05, 0) is 6.92 Å². The van der Waals surface area contributed by atoms with Gasteiger partial charge in [-0.2, -0.15) is 0 Å². The van der Waals surface area contributed by atoms with Gasteiger partial charge in [0.05, 0.1) is 6.10 Å². The minimum absolute atomic E-state index is 0.675. The van der Waals surface area contributed by atoms with Gasteiger partial charge in [-0.3, -0.25) is 4.79 Å². The molecule has 0 bridgehead atoms. The van der Waals surface area contributed by atoms with E-state index in [4.69, 9.17) is 21.1 Å². The van der Waals surface area contributed by atoms with Crippen molar-refractivity contribution in [3.63, 3.8) is 0 Å². The van der Waals surface area contributed by atoms with Gasteiger partial charge in [0.2, 0.25) is 5.91 Å². The first-order valence-corrected chi connectivity index (χ1v) is 3.85. The van der Waals surface area contributed by atoms with Crippen LogP contribution in [0.3, 0.4) is 0 Å². The second-order valence-electron chi connectivity index (χ2n) is 2.53. The van der Waals surface area contributed by atoms with E-state index in [2.05, 4.69) is 10.1 Å². The molecule has 0 radical (unpaired) electrons. The Morgan fingerprint density at radius 3 is 2.43 bits per heavy atom. The van der Waals surface area contributed by atoms with Gasteiger partial charge >= 0.3 is 0 Å². The number of hydrogen-bond donors (Lipinski definition) is 5. The van der Waals surface area contributed by atoms with Crippen molar-refractivity contribution in [1.29, 1.82) is 0 Å². The number of carbonyl (C=O) groups excluding carboxylic acids is 1. The first-order chi connectivity index (χ1) is 6.43. The minimum atomic E-state index is -2.01. The first-order valence-electron chi connectivity index (χ1n) is 3.85. The Balaban J connectivity index is 4.03. The lowest BCUT2D eigenvalue weighted by molar-refractivity contribution is -0.271. The Labute approximate surface area is 80.8 Å². The molecule has 6 N–H and O–H groups in total. The van der Waals surface area contributed by atoms with E-state index in [0.717, 1.165) is 12.3 Å². The summed E-state index contributed by atoms with van der Waals surface area (Å²) in [4.78, 5) is 10.3. The molecule has 14 heavy (non-hydrogen) atoms. The summed E-state index contributed by atoms with van der Waals surface area (Å²) in [5.74, 6) is -0.675. The second kappa shape index (κ2) is 6.33. The van der Waals surface area contributed by atoms with E-state index in [-0.39, 0.29) is 0 Å². The van der Waals surface area contributed by atoms with Crippen LogP contribution >= 0.6 is 0 Å². The Morgan fingerprint density at radius 1 is 1.50 bits per heavy atom. The van der Waals surface area contributed by atoms with Gasteiger partial charge in [0, 0.05) is 12.3 Å². The summed E-state index contributed by atoms with van der Waals surface area (Å²) in [5, 5.41) is 28.4. The maximum atomic E-state index is 10.3. The van der Waals surface area contributed by atoms with Crippen LogP contribution in [-0.2, 0) is 9.53 Å². The average Bonchev–Trinajstić information content (AvgIpc) is 2.00. The predicted molar refractivity (Wildman–Crippen MR) is 46.2 cm³/mol. The predicted octanol–water partition coefficient (Wildman–Crippen LogP) is -2.43. The number of carbonyl (C=O) groups is 1. The van der Waals surface area contributed by atoms with Crippen molar-refractivity contribution in [3.8, 4) is 0 Å². The van der Waals surface area contributed by atoms with Crippen LogP contribution in [0.4, 0.5) is 0 Å². The fourth-order valence-electron chi connectivity index (χ4n) is 0.648. The normalized spacial score (nSPS) is 15.8. The minimum Gasteiger partial charge on any atom is -0.389 e. The number of hydrogen-bond acceptors (Lipinski definition) is 6. The van der Waals surface area contributed by atoms with Crippen LogP contribution in [0, 0.1) is 0 Å². The van der Waals surface area contributed by atoms with Crippen LogP contribution < -0.4 is 11.1 Å². The summed E-state index contributed by atoms with van der Waals surface area (Å²) in [7, 11) is 0. The van der Waals surface area contributed by atoms with Gasteiger partial charge < -0.3 is 31.1 Å². The average molecular weight is 206 g/mol. The summed E-state index contributed by atoms with van der Waals surface area (Å²) < 4.78 is 4.44. The van der Waals surface area contributed by atoms with Gasteiger partial charge in [-0.1, -0.05) is 0 Å². The maximum absolute atomic E-state index is 10.3. The molecule has 1 unspecified atom stereocenters. The molecule has 0 aliphatic carbocycles. The highest BCUT2D eigenvalue weighted by Crippen LogP contribution is 1.97. The van der Waals surface area contributed by atoms with Crippen molar-refractivity contribution < 1.29 is 24.9 Å². The molecule has 0 saturated carbocycles. The molecule has 0 spiro atoms. The van der Waals surface area contributed by atoms with Crippen LogP contribution in [-0.4, -0.2) is 40.0 Å². The second-order valence-corrected chi connectivity index (χ2v) is 2.53. The quantitative estimate of drug-likeness (QED) is 0.243. The lowest BCUT2D eigenvalue weighted by Crippen LogP contribution is -2.40. The highest BCUT2D eigenvalue weighted by molar-refractivity contribution is 5.85. The number of aliphatic hydroxyl groups excluding tert-OH is 2. The fourth-order valence-corrected chi connectivity index (χ4v) is 0.648. The molecule has 7 nitrogen and oxygen atoms in total. The van der Waals surface area contributed by atoms with Crippen molar-refractivity contribution in [1.82, 2.24) is 5.32 Å². The molecule has 0 fully saturated rings. The summed E-state index contributed by atoms with van der Waals surface area (Å²) in [6.45, 7) is -0.637. The zero-order valence-corrected chi connectivity index (χ0v) is 7.62. The lowest BCUT2D eigenvalue weighted by Gasteiger charge is -2.21. The van der Waals surface area contributed by atoms with E-state index >= 15 is 0 Å². The smallest absolute Gasteiger partial charge is 0.268 e. The summed E-state index contributed by atoms with van der Waals surface area (Å²) in [6.07, 6.45) is 0.116. The molecule has 1 amide bonds. The van der Waals surface area contributed by atoms with Crippen molar-refractivity contribution in [2.24, 2.45) is 5.73 Å². The Kier molecular flexibility index (Phi) is 5.81. The van der Waals surface area contributed by atoms with E-state index in [9.17, 15) is 4.79 Å². The molecular weight excluding hydrogens is 192 g/mol. The van der Waals surface area contributed by atoms with E-state index in [1.807, 2.05) is 0 Å². The molecule has 0 saturated heterocycles. The number of nitrogens with two attached hydrogens (primary N) is 1. The van der Waals surface area contributed by atoms with Gasteiger partial charge in [-0.15, -0.1) is 0 Å². The van der Waals surface area contributed by atoms with Crippen molar-refractivity contribution in [3.05, 3.63) is 12.3 Å². The molecule has 0 aliphatic rings. The van der Waals surface area contributed by atoms with Crippen molar-refractivity contribution >= 4 is 5.91 Å². The summed E-state index contributed by atoms with van der Waals surface area (Å²) in [5.41, 5.74) is 4.79. The van der Waals surface area contributed by atoms with Crippen molar-refractivity contribution in [2.45, 2.75) is 25.7 Å². The number of nitrogens with one attached hydrogen (secondary N) is 1. The summed E-state index contributed by atoms with van der Waals surface area (Å²) >= 11 is 0. The molecule has 0 aliphatic heterocycles. The first kappa shape index (κ1) is 12.8. The Bertz CT molecular complexity index is 204.